The molecule has 0 aliphatic carbocycles. The topological polar surface area (TPSA) is 112 Å². The number of hydrogen-bond acceptors (Lipinski definition) is 4. The number of aromatic nitrogens is 2. The summed E-state index contributed by atoms with van der Waals surface area (Å²) in [5.41, 5.74) is 0.504. The van der Waals surface area contributed by atoms with Gasteiger partial charge in [0.25, 0.3) is 0 Å². The van der Waals surface area contributed by atoms with Crippen LogP contribution in [-0.4, -0.2) is 35.5 Å². The molecule has 2 aromatic rings. The van der Waals surface area contributed by atoms with Crippen LogP contribution in [-0.2, 0) is 21.2 Å². The van der Waals surface area contributed by atoms with Crippen LogP contribution in [0.5, 0.6) is 0 Å². The molecule has 1 heterocycles. The quantitative estimate of drug-likeness (QED) is 0.733. The van der Waals surface area contributed by atoms with E-state index in [2.05, 4.69) is 14.7 Å². The van der Waals surface area contributed by atoms with Crippen LogP contribution in [0.1, 0.15) is 5.69 Å². The van der Waals surface area contributed by atoms with Gasteiger partial charge in [-0.05, 0) is 12.1 Å². The fraction of sp³-hybridized carbons (Fsp3) is 0.167. The molecule has 0 saturated carbocycles. The van der Waals surface area contributed by atoms with E-state index in [-0.39, 0.29) is 16.3 Å². The number of nitrogens with one attached hydrogen (secondary N) is 2. The van der Waals surface area contributed by atoms with Crippen LogP contribution in [0.25, 0.3) is 0 Å². The summed E-state index contributed by atoms with van der Waals surface area (Å²) in [5.74, 6) is -1.29. The first-order chi connectivity index (χ1) is 9.90. The molecule has 112 valence electrons. The molecule has 0 aliphatic heterocycles. The molecule has 1 atom stereocenters. The number of carbonyl (C=O) groups is 1. The van der Waals surface area contributed by atoms with E-state index in [0.29, 0.717) is 5.69 Å². The lowest BCUT2D eigenvalue weighted by atomic mass is 10.2. The molecule has 0 unspecified atom stereocenters. The van der Waals surface area contributed by atoms with E-state index in [1.165, 1.54) is 30.7 Å². The zero-order valence-corrected chi connectivity index (χ0v) is 12.2. The summed E-state index contributed by atoms with van der Waals surface area (Å²) in [6, 6.07) is 4.48. The minimum absolute atomic E-state index is 0.0238. The average Bonchev–Trinajstić information content (AvgIpc) is 2.91. The van der Waals surface area contributed by atoms with E-state index < -0.39 is 22.0 Å². The summed E-state index contributed by atoms with van der Waals surface area (Å²) in [5, 5.41) is 9.18. The van der Waals surface area contributed by atoms with Crippen molar-refractivity contribution in [2.45, 2.75) is 17.4 Å². The summed E-state index contributed by atoms with van der Waals surface area (Å²) in [6.07, 6.45) is 2.76. The summed E-state index contributed by atoms with van der Waals surface area (Å²) in [4.78, 5) is 17.5. The Kier molecular flexibility index (Phi) is 4.61. The smallest absolute Gasteiger partial charge is 0.322 e. The minimum atomic E-state index is -4.04. The van der Waals surface area contributed by atoms with Gasteiger partial charge in [-0.25, -0.2) is 13.4 Å². The Hall–Kier alpha value is -1.90. The predicted molar refractivity (Wildman–Crippen MR) is 75.5 cm³/mol. The summed E-state index contributed by atoms with van der Waals surface area (Å²) in [6.45, 7) is 0. The molecule has 0 fully saturated rings. The maximum Gasteiger partial charge on any atom is 0.322 e. The molecule has 2 rings (SSSR count). The monoisotopic (exact) mass is 329 g/mol. The Balaban J connectivity index is 2.24. The molecule has 9 heteroatoms. The van der Waals surface area contributed by atoms with Crippen molar-refractivity contribution < 1.29 is 18.3 Å². The fourth-order valence-electron chi connectivity index (χ4n) is 1.71. The van der Waals surface area contributed by atoms with Gasteiger partial charge in [-0.15, -0.1) is 0 Å². The molecular weight excluding hydrogens is 318 g/mol. The van der Waals surface area contributed by atoms with E-state index in [9.17, 15) is 13.2 Å². The first kappa shape index (κ1) is 15.5. The molecule has 1 aromatic heterocycles. The maximum absolute atomic E-state index is 12.2. The molecule has 3 N–H and O–H groups in total. The van der Waals surface area contributed by atoms with Crippen LogP contribution < -0.4 is 4.72 Å². The molecule has 1 aromatic carbocycles. The minimum Gasteiger partial charge on any atom is -0.480 e. The van der Waals surface area contributed by atoms with Crippen molar-refractivity contribution in [1.82, 2.24) is 14.7 Å². The molecular formula is C12H12ClN3O4S. The van der Waals surface area contributed by atoms with Gasteiger partial charge in [-0.1, -0.05) is 23.7 Å². The van der Waals surface area contributed by atoms with Gasteiger partial charge in [-0.3, -0.25) is 4.79 Å². The predicted octanol–water partition coefficient (Wildman–Crippen LogP) is 1.04. The van der Waals surface area contributed by atoms with Gasteiger partial charge in [0.1, 0.15) is 10.9 Å². The molecule has 0 radical (unpaired) electrons. The van der Waals surface area contributed by atoms with Crippen LogP contribution in [0.3, 0.4) is 0 Å². The van der Waals surface area contributed by atoms with Gasteiger partial charge in [-0.2, -0.15) is 4.72 Å². The van der Waals surface area contributed by atoms with E-state index in [4.69, 9.17) is 16.7 Å². The van der Waals surface area contributed by atoms with Crippen molar-refractivity contribution in [3.8, 4) is 0 Å². The zero-order chi connectivity index (χ0) is 15.5. The number of hydrogen-bond donors (Lipinski definition) is 3. The molecule has 0 amide bonds. The number of imidazole rings is 1. The molecule has 21 heavy (non-hydrogen) atoms. The van der Waals surface area contributed by atoms with Gasteiger partial charge < -0.3 is 10.1 Å². The van der Waals surface area contributed by atoms with Crippen LogP contribution >= 0.6 is 11.6 Å². The van der Waals surface area contributed by atoms with Crippen molar-refractivity contribution in [1.29, 1.82) is 0 Å². The highest BCUT2D eigenvalue weighted by Crippen LogP contribution is 2.20. The lowest BCUT2D eigenvalue weighted by Gasteiger charge is -2.14. The van der Waals surface area contributed by atoms with E-state index in [0.717, 1.165) is 0 Å². The normalized spacial score (nSPS) is 13.0. The highest BCUT2D eigenvalue weighted by Gasteiger charge is 2.27. The number of H-pyrrole nitrogens is 1. The number of aromatic amines is 1. The third-order valence-electron chi connectivity index (χ3n) is 2.70. The Morgan fingerprint density at radius 1 is 1.43 bits per heavy atom. The number of nitrogens with zero attached hydrogens (tertiary/aromatic N) is 1. The number of rotatable bonds is 6. The lowest BCUT2D eigenvalue weighted by molar-refractivity contribution is -0.138. The zero-order valence-electron chi connectivity index (χ0n) is 10.7. The van der Waals surface area contributed by atoms with Crippen LogP contribution in [0, 0.1) is 0 Å². The third-order valence-corrected chi connectivity index (χ3v) is 4.67. The SMILES string of the molecule is O=C(O)[C@@H](Cc1cnc[nH]1)NS(=O)(=O)c1ccccc1Cl. The Morgan fingerprint density at radius 3 is 2.71 bits per heavy atom. The summed E-state index contributed by atoms with van der Waals surface area (Å²) >= 11 is 5.83. The second-order valence-electron chi connectivity index (χ2n) is 4.22. The molecule has 0 aliphatic rings. The highest BCUT2D eigenvalue weighted by atomic mass is 35.5. The maximum atomic E-state index is 12.2. The summed E-state index contributed by atoms with van der Waals surface area (Å²) in [7, 11) is -4.04. The second-order valence-corrected chi connectivity index (χ2v) is 6.31. The first-order valence-electron chi connectivity index (χ1n) is 5.87. The largest absolute Gasteiger partial charge is 0.480 e. The van der Waals surface area contributed by atoms with Gasteiger partial charge in [0.2, 0.25) is 10.0 Å². The number of benzene rings is 1. The number of sulfonamides is 1. The number of halogens is 1. The van der Waals surface area contributed by atoms with Gasteiger partial charge >= 0.3 is 5.97 Å². The van der Waals surface area contributed by atoms with Crippen LogP contribution in [0.15, 0.2) is 41.7 Å². The standard InChI is InChI=1S/C12H12ClN3O4S/c13-9-3-1-2-4-11(9)21(19,20)16-10(12(17)18)5-8-6-14-7-15-8/h1-4,6-7,10,16H,5H2,(H,14,15)(H,17,18)/t10-/m1/s1. The highest BCUT2D eigenvalue weighted by molar-refractivity contribution is 7.89. The van der Waals surface area contributed by atoms with Crippen molar-refractivity contribution in [3.63, 3.8) is 0 Å². The lowest BCUT2D eigenvalue weighted by Crippen LogP contribution is -2.42. The van der Waals surface area contributed by atoms with Gasteiger partial charge in [0, 0.05) is 18.3 Å². The van der Waals surface area contributed by atoms with Crippen LogP contribution in [0.4, 0.5) is 0 Å². The number of aliphatic carboxylic acids is 1. The van der Waals surface area contributed by atoms with Crippen molar-refractivity contribution in [2.24, 2.45) is 0 Å². The van der Waals surface area contributed by atoms with Gasteiger partial charge in [0.05, 0.1) is 11.3 Å². The molecule has 0 bridgehead atoms. The Bertz CT molecular complexity index is 731. The van der Waals surface area contributed by atoms with Crippen molar-refractivity contribution in [2.75, 3.05) is 0 Å². The first-order valence-corrected chi connectivity index (χ1v) is 7.73. The Labute approximate surface area is 126 Å². The third kappa shape index (κ3) is 3.81. The van der Waals surface area contributed by atoms with E-state index in [1.807, 2.05) is 0 Å². The molecule has 0 saturated heterocycles. The molecule has 0 spiro atoms. The number of carboxylic acids is 1. The second kappa shape index (κ2) is 6.25. The van der Waals surface area contributed by atoms with E-state index >= 15 is 0 Å². The van der Waals surface area contributed by atoms with Crippen molar-refractivity contribution in [3.05, 3.63) is 47.5 Å². The average molecular weight is 330 g/mol. The number of carboxylic acid groups (broad SMARTS) is 1. The Morgan fingerprint density at radius 2 is 2.14 bits per heavy atom. The van der Waals surface area contributed by atoms with Crippen LogP contribution in [0.2, 0.25) is 5.02 Å². The van der Waals surface area contributed by atoms with Gasteiger partial charge in [0.15, 0.2) is 0 Å². The van der Waals surface area contributed by atoms with E-state index in [1.54, 1.807) is 6.07 Å². The fourth-order valence-corrected chi connectivity index (χ4v) is 3.42. The summed E-state index contributed by atoms with van der Waals surface area (Å²) < 4.78 is 26.6. The van der Waals surface area contributed by atoms with Crippen molar-refractivity contribution >= 4 is 27.6 Å². The molecule has 7 nitrogen and oxygen atoms in total.